The van der Waals surface area contributed by atoms with Crippen LogP contribution in [-0.4, -0.2) is 37.8 Å². The average molecular weight is 385 g/mol. The highest BCUT2D eigenvalue weighted by Gasteiger charge is 2.34. The first-order valence-corrected chi connectivity index (χ1v) is 10.6. The van der Waals surface area contributed by atoms with Gasteiger partial charge in [0.1, 0.15) is 5.82 Å². The molecule has 0 spiro atoms. The summed E-state index contributed by atoms with van der Waals surface area (Å²) in [5.74, 6) is -0.799. The fraction of sp³-hybridized carbons (Fsp3) is 0.632. The minimum absolute atomic E-state index is 0.0214. The number of hydrogen-bond acceptors (Lipinski definition) is 3. The van der Waals surface area contributed by atoms with Crippen molar-refractivity contribution in [3.8, 4) is 0 Å². The highest BCUT2D eigenvalue weighted by atomic mass is 32.2. The van der Waals surface area contributed by atoms with Gasteiger partial charge >= 0.3 is 0 Å². The van der Waals surface area contributed by atoms with E-state index in [1.54, 1.807) is 0 Å². The van der Waals surface area contributed by atoms with Crippen molar-refractivity contribution in [3.05, 3.63) is 30.1 Å². The van der Waals surface area contributed by atoms with Gasteiger partial charge in [-0.15, -0.1) is 0 Å². The molecule has 0 saturated heterocycles. The van der Waals surface area contributed by atoms with E-state index in [4.69, 9.17) is 0 Å². The predicted molar refractivity (Wildman–Crippen MR) is 99.6 cm³/mol. The Morgan fingerprint density at radius 2 is 1.73 bits per heavy atom. The lowest BCUT2D eigenvalue weighted by Crippen LogP contribution is -2.48. The van der Waals surface area contributed by atoms with Gasteiger partial charge in [-0.3, -0.25) is 4.79 Å². The first kappa shape index (κ1) is 20.8. The quantitative estimate of drug-likeness (QED) is 0.818. The van der Waals surface area contributed by atoms with Gasteiger partial charge < -0.3 is 5.32 Å². The Hall–Kier alpha value is -1.47. The molecule has 1 fully saturated rings. The maximum Gasteiger partial charge on any atom is 0.243 e. The van der Waals surface area contributed by atoms with Crippen molar-refractivity contribution in [1.29, 1.82) is 0 Å². The van der Waals surface area contributed by atoms with E-state index in [2.05, 4.69) is 5.32 Å². The molecule has 1 aliphatic rings. The average Bonchev–Trinajstić information content (AvgIpc) is 2.58. The summed E-state index contributed by atoms with van der Waals surface area (Å²) in [6.07, 6.45) is 4.46. The van der Waals surface area contributed by atoms with E-state index in [1.807, 2.05) is 20.8 Å². The first-order valence-electron chi connectivity index (χ1n) is 9.14. The molecule has 0 radical (unpaired) electrons. The molecule has 1 aromatic carbocycles. The van der Waals surface area contributed by atoms with Crippen LogP contribution in [0.1, 0.15) is 52.9 Å². The van der Waals surface area contributed by atoms with Gasteiger partial charge in [-0.1, -0.05) is 40.0 Å². The fourth-order valence-electron chi connectivity index (χ4n) is 3.08. The summed E-state index contributed by atoms with van der Waals surface area (Å²) in [4.78, 5) is 12.4. The normalized spacial score (nSPS) is 16.7. The van der Waals surface area contributed by atoms with Crippen LogP contribution in [0.15, 0.2) is 29.2 Å². The maximum atomic E-state index is 13.2. The van der Waals surface area contributed by atoms with E-state index in [9.17, 15) is 17.6 Å². The molecule has 5 nitrogen and oxygen atoms in total. The third kappa shape index (κ3) is 5.77. The van der Waals surface area contributed by atoms with Crippen LogP contribution in [0.25, 0.3) is 0 Å². The van der Waals surface area contributed by atoms with Crippen molar-refractivity contribution in [1.82, 2.24) is 9.62 Å². The molecule has 1 amide bonds. The van der Waals surface area contributed by atoms with Gasteiger partial charge in [0.25, 0.3) is 0 Å². The standard InChI is InChI=1S/C19H29FN2O3S/c1-19(2,3)14-21-18(23)13-22(16-7-5-4-6-8-16)26(24,25)17-11-9-15(20)10-12-17/h9-12,16H,4-8,13-14H2,1-3H3,(H,21,23). The van der Waals surface area contributed by atoms with Gasteiger partial charge in [0.15, 0.2) is 0 Å². The predicted octanol–water partition coefficient (Wildman–Crippen LogP) is 3.31. The van der Waals surface area contributed by atoms with Crippen molar-refractivity contribution in [2.24, 2.45) is 5.41 Å². The van der Waals surface area contributed by atoms with Crippen LogP contribution < -0.4 is 5.32 Å². The Labute approximate surface area is 156 Å². The SMILES string of the molecule is CC(C)(C)CNC(=O)CN(C1CCCCC1)S(=O)(=O)c1ccc(F)cc1. The molecule has 0 unspecified atom stereocenters. The number of carbonyl (C=O) groups is 1. The second kappa shape index (κ2) is 8.48. The molecule has 26 heavy (non-hydrogen) atoms. The monoisotopic (exact) mass is 384 g/mol. The number of nitrogens with one attached hydrogen (secondary N) is 1. The number of benzene rings is 1. The lowest BCUT2D eigenvalue weighted by molar-refractivity contribution is -0.122. The van der Waals surface area contributed by atoms with Crippen LogP contribution in [0.5, 0.6) is 0 Å². The van der Waals surface area contributed by atoms with Gasteiger partial charge in [0.2, 0.25) is 15.9 Å². The molecule has 1 saturated carbocycles. The zero-order valence-corrected chi connectivity index (χ0v) is 16.6. The summed E-state index contributed by atoms with van der Waals surface area (Å²) in [5, 5.41) is 2.82. The lowest BCUT2D eigenvalue weighted by Gasteiger charge is -2.33. The molecule has 1 aliphatic carbocycles. The smallest absolute Gasteiger partial charge is 0.243 e. The molecule has 0 atom stereocenters. The summed E-state index contributed by atoms with van der Waals surface area (Å²) in [6, 6.07) is 4.58. The summed E-state index contributed by atoms with van der Waals surface area (Å²) >= 11 is 0. The summed E-state index contributed by atoms with van der Waals surface area (Å²) in [6.45, 7) is 6.27. The number of halogens is 1. The zero-order chi connectivity index (χ0) is 19.4. The lowest BCUT2D eigenvalue weighted by atomic mass is 9.95. The van der Waals surface area contributed by atoms with Gasteiger partial charge in [-0.2, -0.15) is 4.31 Å². The minimum Gasteiger partial charge on any atom is -0.354 e. The molecule has 0 aromatic heterocycles. The number of sulfonamides is 1. The van der Waals surface area contributed by atoms with Crippen LogP contribution >= 0.6 is 0 Å². The van der Waals surface area contributed by atoms with Gasteiger partial charge in [-0.05, 0) is 42.5 Å². The Balaban J connectivity index is 2.22. The van der Waals surface area contributed by atoms with E-state index in [0.29, 0.717) is 6.54 Å². The molecule has 1 N–H and O–H groups in total. The van der Waals surface area contributed by atoms with Crippen LogP contribution in [0.3, 0.4) is 0 Å². The van der Waals surface area contributed by atoms with E-state index in [-0.39, 0.29) is 28.8 Å². The van der Waals surface area contributed by atoms with Crippen LogP contribution in [0.4, 0.5) is 4.39 Å². The second-order valence-electron chi connectivity index (χ2n) is 8.13. The number of rotatable bonds is 6. The third-order valence-corrected chi connectivity index (χ3v) is 6.43. The molecule has 1 aromatic rings. The number of nitrogens with zero attached hydrogens (tertiary/aromatic N) is 1. The molecule has 0 aliphatic heterocycles. The molecular weight excluding hydrogens is 355 g/mol. The van der Waals surface area contributed by atoms with E-state index in [1.165, 1.54) is 16.4 Å². The fourth-order valence-corrected chi connectivity index (χ4v) is 4.72. The molecular formula is C19H29FN2O3S. The summed E-state index contributed by atoms with van der Waals surface area (Å²) in [5.41, 5.74) is -0.0822. The Morgan fingerprint density at radius 1 is 1.15 bits per heavy atom. The van der Waals surface area contributed by atoms with E-state index >= 15 is 0 Å². The topological polar surface area (TPSA) is 66.5 Å². The summed E-state index contributed by atoms with van der Waals surface area (Å²) in [7, 11) is -3.86. The van der Waals surface area contributed by atoms with Gasteiger partial charge in [0.05, 0.1) is 11.4 Å². The van der Waals surface area contributed by atoms with Crippen molar-refractivity contribution in [3.63, 3.8) is 0 Å². The molecule has 0 bridgehead atoms. The maximum absolute atomic E-state index is 13.2. The van der Waals surface area contributed by atoms with E-state index in [0.717, 1.165) is 44.2 Å². The van der Waals surface area contributed by atoms with Crippen molar-refractivity contribution >= 4 is 15.9 Å². The first-order chi connectivity index (χ1) is 12.1. The Morgan fingerprint density at radius 3 is 2.27 bits per heavy atom. The Bertz CT molecular complexity index is 705. The molecule has 0 heterocycles. The largest absolute Gasteiger partial charge is 0.354 e. The highest BCUT2D eigenvalue weighted by Crippen LogP contribution is 2.27. The highest BCUT2D eigenvalue weighted by molar-refractivity contribution is 7.89. The molecule has 146 valence electrons. The number of carbonyl (C=O) groups excluding carboxylic acids is 1. The van der Waals surface area contributed by atoms with Gasteiger partial charge in [-0.25, -0.2) is 12.8 Å². The van der Waals surface area contributed by atoms with Crippen LogP contribution in [-0.2, 0) is 14.8 Å². The number of hydrogen-bond donors (Lipinski definition) is 1. The van der Waals surface area contributed by atoms with Crippen molar-refractivity contribution < 1.29 is 17.6 Å². The van der Waals surface area contributed by atoms with Crippen molar-refractivity contribution in [2.45, 2.75) is 63.8 Å². The Kier molecular flexibility index (Phi) is 6.80. The second-order valence-corrected chi connectivity index (χ2v) is 10.0. The van der Waals surface area contributed by atoms with Crippen molar-refractivity contribution in [2.75, 3.05) is 13.1 Å². The van der Waals surface area contributed by atoms with E-state index < -0.39 is 15.8 Å². The minimum atomic E-state index is -3.86. The number of amides is 1. The summed E-state index contributed by atoms with van der Waals surface area (Å²) < 4.78 is 40.7. The molecule has 2 rings (SSSR count). The van der Waals surface area contributed by atoms with Gasteiger partial charge in [0, 0.05) is 12.6 Å². The molecule has 7 heteroatoms. The van der Waals surface area contributed by atoms with Crippen LogP contribution in [0, 0.1) is 11.2 Å². The zero-order valence-electron chi connectivity index (χ0n) is 15.8. The van der Waals surface area contributed by atoms with Crippen LogP contribution in [0.2, 0.25) is 0 Å². The third-order valence-electron chi connectivity index (χ3n) is 4.52.